The molecule has 5 rings (SSSR count). The van der Waals surface area contributed by atoms with Gasteiger partial charge in [-0.3, -0.25) is 14.5 Å². The van der Waals surface area contributed by atoms with E-state index in [-0.39, 0.29) is 49.5 Å². The molecule has 2 aromatic carbocycles. The van der Waals surface area contributed by atoms with Gasteiger partial charge < -0.3 is 34.9 Å². The fourth-order valence-corrected chi connectivity index (χ4v) is 6.66. The Morgan fingerprint density at radius 1 is 1.06 bits per heavy atom. The summed E-state index contributed by atoms with van der Waals surface area (Å²) in [6, 6.07) is 11.7. The van der Waals surface area contributed by atoms with E-state index in [0.29, 0.717) is 49.8 Å². The number of benzene rings is 2. The van der Waals surface area contributed by atoms with Gasteiger partial charge in [0.25, 0.3) is 0 Å². The molecule has 0 radical (unpaired) electrons. The van der Waals surface area contributed by atoms with E-state index in [1.807, 2.05) is 18.2 Å². The van der Waals surface area contributed by atoms with E-state index in [1.165, 1.54) is 12.1 Å². The van der Waals surface area contributed by atoms with Gasteiger partial charge in [-0.05, 0) is 74.4 Å². The molecule has 14 heteroatoms. The van der Waals surface area contributed by atoms with Gasteiger partial charge in [-0.15, -0.1) is 0 Å². The number of piperidine rings is 1. The third kappa shape index (κ3) is 8.91. The third-order valence-electron chi connectivity index (χ3n) is 9.04. The summed E-state index contributed by atoms with van der Waals surface area (Å²) < 4.78 is 50.8. The molecule has 49 heavy (non-hydrogen) atoms. The number of fused-ring (bicyclic) bond motifs is 1. The second kappa shape index (κ2) is 14.4. The number of nitrogens with one attached hydrogen (secondary N) is 2. The zero-order valence-electron chi connectivity index (χ0n) is 27.9. The fraction of sp³-hybridized carbons (Fsp3) is 0.514. The van der Waals surface area contributed by atoms with E-state index in [2.05, 4.69) is 15.2 Å². The van der Waals surface area contributed by atoms with Crippen LogP contribution >= 0.6 is 0 Å². The SMILES string of the molecule is CC(C)(C)OC(=O)NCCc1cccc(CN2CCC3(CC2)CN(C(=O)C(F)(F)F)CCO3)c1C[C@@H](O)c1ccc(O)c2[nH]c(=O)ccc12. The van der Waals surface area contributed by atoms with Crippen LogP contribution in [-0.4, -0.2) is 93.7 Å². The lowest BCUT2D eigenvalue weighted by Crippen LogP contribution is -2.59. The van der Waals surface area contributed by atoms with Gasteiger partial charge in [0.1, 0.15) is 11.4 Å². The van der Waals surface area contributed by atoms with Crippen molar-refractivity contribution in [2.75, 3.05) is 39.3 Å². The number of hydrogen-bond acceptors (Lipinski definition) is 8. The topological polar surface area (TPSA) is 144 Å². The molecule has 0 bridgehead atoms. The number of H-pyrrole nitrogens is 1. The number of hydrogen-bond donors (Lipinski definition) is 4. The molecule has 1 spiro atoms. The molecular weight excluding hydrogens is 645 g/mol. The first kappa shape index (κ1) is 36.1. The molecule has 1 atom stereocenters. The van der Waals surface area contributed by atoms with Crippen molar-refractivity contribution < 1.29 is 42.4 Å². The summed E-state index contributed by atoms with van der Waals surface area (Å²) in [4.78, 5) is 41.9. The highest BCUT2D eigenvalue weighted by Gasteiger charge is 2.48. The third-order valence-corrected chi connectivity index (χ3v) is 9.04. The maximum absolute atomic E-state index is 13.1. The number of aromatic nitrogens is 1. The number of carbonyl (C=O) groups excluding carboxylic acids is 2. The maximum Gasteiger partial charge on any atom is 0.471 e. The summed E-state index contributed by atoms with van der Waals surface area (Å²) in [5, 5.41) is 25.3. The number of rotatable bonds is 8. The summed E-state index contributed by atoms with van der Waals surface area (Å²) in [5.74, 6) is -1.96. The number of nitrogens with zero attached hydrogens (tertiary/aromatic N) is 2. The summed E-state index contributed by atoms with van der Waals surface area (Å²) in [6.45, 7) is 6.98. The molecule has 266 valence electrons. The summed E-state index contributed by atoms with van der Waals surface area (Å²) in [5.41, 5.74) is 1.55. The number of alkyl halides is 3. The normalized spacial score (nSPS) is 17.7. The zero-order chi connectivity index (χ0) is 35.6. The molecule has 0 saturated carbocycles. The van der Waals surface area contributed by atoms with Crippen LogP contribution in [0.25, 0.3) is 10.9 Å². The molecule has 2 fully saturated rings. The second-order valence-corrected chi connectivity index (χ2v) is 13.8. The molecule has 3 heterocycles. The minimum absolute atomic E-state index is 0.0447. The van der Waals surface area contributed by atoms with Gasteiger partial charge >= 0.3 is 18.2 Å². The first-order valence-corrected chi connectivity index (χ1v) is 16.4. The van der Waals surface area contributed by atoms with E-state index in [1.54, 1.807) is 32.9 Å². The van der Waals surface area contributed by atoms with Crippen molar-refractivity contribution in [3.8, 4) is 5.75 Å². The lowest BCUT2D eigenvalue weighted by molar-refractivity contribution is -0.200. The average molecular weight is 689 g/mol. The van der Waals surface area contributed by atoms with Crippen LogP contribution in [0, 0.1) is 0 Å². The average Bonchev–Trinajstić information content (AvgIpc) is 3.02. The Hall–Kier alpha value is -4.14. The quantitative estimate of drug-likeness (QED) is 0.274. The Balaban J connectivity index is 1.35. The van der Waals surface area contributed by atoms with Crippen molar-refractivity contribution in [1.29, 1.82) is 0 Å². The summed E-state index contributed by atoms with van der Waals surface area (Å²) >= 11 is 0. The molecule has 2 aliphatic heterocycles. The number of likely N-dealkylation sites (tertiary alicyclic amines) is 1. The molecular formula is C35H43F3N4O7. The van der Waals surface area contributed by atoms with E-state index in [4.69, 9.17) is 9.47 Å². The van der Waals surface area contributed by atoms with Gasteiger partial charge in [-0.1, -0.05) is 24.3 Å². The Labute approximate surface area is 282 Å². The number of morpholine rings is 1. The van der Waals surface area contributed by atoms with E-state index in [0.717, 1.165) is 21.6 Å². The number of aliphatic hydroxyl groups excluding tert-OH is 1. The van der Waals surface area contributed by atoms with Crippen LogP contribution in [0.15, 0.2) is 47.3 Å². The van der Waals surface area contributed by atoms with Crippen molar-refractivity contribution in [1.82, 2.24) is 20.1 Å². The summed E-state index contributed by atoms with van der Waals surface area (Å²) in [7, 11) is 0. The largest absolute Gasteiger partial charge is 0.506 e. The standard InChI is InChI=1S/C35H43F3N4O7/c1-33(2,3)49-32(47)39-14-11-22-5-4-6-23(26(22)19-28(44)24-7-9-27(43)30-25(24)8-10-29(45)40-30)20-41-15-12-34(13-16-41)21-42(17-18-48-34)31(46)35(36,37)38/h4-10,28,43-44H,11-21H2,1-3H3,(H,39,47)(H,40,45)/t28-/m1/s1. The number of carbonyl (C=O) groups is 2. The van der Waals surface area contributed by atoms with Crippen LogP contribution in [0.3, 0.4) is 0 Å². The predicted molar refractivity (Wildman–Crippen MR) is 175 cm³/mol. The number of amides is 2. The zero-order valence-corrected chi connectivity index (χ0v) is 27.9. The fourth-order valence-electron chi connectivity index (χ4n) is 6.66. The van der Waals surface area contributed by atoms with Crippen LogP contribution < -0.4 is 10.9 Å². The second-order valence-electron chi connectivity index (χ2n) is 13.8. The number of alkyl carbamates (subject to hydrolysis) is 1. The predicted octanol–water partition coefficient (Wildman–Crippen LogP) is 4.33. The Bertz CT molecular complexity index is 1730. The van der Waals surface area contributed by atoms with Crippen molar-refractivity contribution in [2.24, 2.45) is 0 Å². The molecule has 2 amide bonds. The maximum atomic E-state index is 13.1. The molecule has 0 unspecified atom stereocenters. The number of phenolic OH excluding ortho intramolecular Hbond substituents is 1. The van der Waals surface area contributed by atoms with Crippen molar-refractivity contribution in [2.45, 2.75) is 76.5 Å². The van der Waals surface area contributed by atoms with Crippen molar-refractivity contribution >= 4 is 22.9 Å². The van der Waals surface area contributed by atoms with Crippen LogP contribution in [0.2, 0.25) is 0 Å². The number of ether oxygens (including phenoxy) is 2. The van der Waals surface area contributed by atoms with E-state index >= 15 is 0 Å². The van der Waals surface area contributed by atoms with Crippen molar-refractivity contribution in [3.63, 3.8) is 0 Å². The molecule has 0 aliphatic carbocycles. The first-order chi connectivity index (χ1) is 23.0. The molecule has 2 aliphatic rings. The van der Waals surface area contributed by atoms with Gasteiger partial charge in [0, 0.05) is 50.6 Å². The van der Waals surface area contributed by atoms with Crippen molar-refractivity contribution in [3.05, 3.63) is 75.1 Å². The highest BCUT2D eigenvalue weighted by molar-refractivity contribution is 5.87. The highest BCUT2D eigenvalue weighted by atomic mass is 19.4. The number of halogens is 3. The molecule has 3 aromatic rings. The van der Waals surface area contributed by atoms with Gasteiger partial charge in [0.2, 0.25) is 5.56 Å². The molecule has 11 nitrogen and oxygen atoms in total. The Morgan fingerprint density at radius 2 is 1.78 bits per heavy atom. The minimum Gasteiger partial charge on any atom is -0.506 e. The van der Waals surface area contributed by atoms with Gasteiger partial charge in [0.05, 0.1) is 30.4 Å². The highest BCUT2D eigenvalue weighted by Crippen LogP contribution is 2.35. The summed E-state index contributed by atoms with van der Waals surface area (Å²) in [6.07, 6.45) is -4.97. The monoisotopic (exact) mass is 688 g/mol. The van der Waals surface area contributed by atoms with E-state index < -0.39 is 35.5 Å². The molecule has 1 aromatic heterocycles. The lowest BCUT2D eigenvalue weighted by atomic mass is 9.87. The van der Waals surface area contributed by atoms with Crippen LogP contribution in [0.4, 0.5) is 18.0 Å². The molecule has 2 saturated heterocycles. The number of phenols is 1. The molecule has 4 N–H and O–H groups in total. The van der Waals surface area contributed by atoms with Crippen LogP contribution in [0.1, 0.15) is 62.0 Å². The first-order valence-electron chi connectivity index (χ1n) is 16.4. The minimum atomic E-state index is -4.93. The van der Waals surface area contributed by atoms with Gasteiger partial charge in [0.15, 0.2) is 0 Å². The van der Waals surface area contributed by atoms with E-state index in [9.17, 15) is 37.8 Å². The Morgan fingerprint density at radius 3 is 2.47 bits per heavy atom. The number of pyridine rings is 1. The number of aromatic amines is 1. The van der Waals surface area contributed by atoms with Gasteiger partial charge in [-0.25, -0.2) is 4.79 Å². The van der Waals surface area contributed by atoms with Gasteiger partial charge in [-0.2, -0.15) is 13.2 Å². The number of aliphatic hydroxyl groups is 1. The number of aromatic hydroxyl groups is 1. The lowest BCUT2D eigenvalue weighted by Gasteiger charge is -2.47. The van der Waals surface area contributed by atoms with Crippen LogP contribution in [-0.2, 0) is 33.7 Å². The smallest absolute Gasteiger partial charge is 0.471 e. The Kier molecular flexibility index (Phi) is 10.6. The van der Waals surface area contributed by atoms with Crippen LogP contribution in [0.5, 0.6) is 5.75 Å².